The quantitative estimate of drug-likeness (QED) is 0.508. The van der Waals surface area contributed by atoms with E-state index in [9.17, 15) is 5.11 Å². The van der Waals surface area contributed by atoms with Crippen LogP contribution in [0.25, 0.3) is 6.08 Å². The first-order valence-corrected chi connectivity index (χ1v) is 7.15. The molecule has 0 aliphatic carbocycles. The van der Waals surface area contributed by atoms with Crippen molar-refractivity contribution in [3.05, 3.63) is 16.7 Å². The van der Waals surface area contributed by atoms with Crippen molar-refractivity contribution in [2.75, 3.05) is 17.7 Å². The number of rotatable bonds is 3. The van der Waals surface area contributed by atoms with E-state index in [1.54, 1.807) is 6.08 Å². The van der Waals surface area contributed by atoms with Crippen LogP contribution in [0.1, 0.15) is 24.6 Å². The largest absolute Gasteiger partial charge is 0.370 e. The van der Waals surface area contributed by atoms with Gasteiger partial charge in [0.2, 0.25) is 0 Å². The van der Waals surface area contributed by atoms with Crippen LogP contribution in [0.15, 0.2) is 10.6 Å². The summed E-state index contributed by atoms with van der Waals surface area (Å²) in [5.41, 5.74) is 2.24. The van der Waals surface area contributed by atoms with Gasteiger partial charge >= 0.3 is 0 Å². The van der Waals surface area contributed by atoms with Gasteiger partial charge in [0.1, 0.15) is 19.9 Å². The van der Waals surface area contributed by atoms with Crippen molar-refractivity contribution in [2.24, 2.45) is 0 Å². The summed E-state index contributed by atoms with van der Waals surface area (Å²) in [5, 5.41) is 10.9. The molecule has 0 amide bonds. The average molecular weight is 261 g/mol. The minimum atomic E-state index is -0.790. The highest BCUT2D eigenvalue weighted by Crippen LogP contribution is 2.32. The van der Waals surface area contributed by atoms with Crippen LogP contribution < -0.4 is 4.90 Å². The molecule has 1 aromatic heterocycles. The second-order valence-corrected chi connectivity index (χ2v) is 5.02. The summed E-state index contributed by atoms with van der Waals surface area (Å²) in [4.78, 5) is 10.7. The van der Waals surface area contributed by atoms with E-state index in [2.05, 4.69) is 16.9 Å². The van der Waals surface area contributed by atoms with Crippen LogP contribution in [-0.4, -0.2) is 41.9 Å². The lowest BCUT2D eigenvalue weighted by atomic mass is 9.88. The molecule has 6 heteroatoms. The molecule has 2 rings (SSSR count). The molecule has 1 unspecified atom stereocenters. The van der Waals surface area contributed by atoms with Crippen LogP contribution in [0, 0.1) is 6.92 Å². The molecule has 0 aromatic carbocycles. The fourth-order valence-electron chi connectivity index (χ4n) is 2.03. The van der Waals surface area contributed by atoms with Gasteiger partial charge in [0.05, 0.1) is 5.69 Å². The van der Waals surface area contributed by atoms with E-state index in [1.165, 1.54) is 11.8 Å². The van der Waals surface area contributed by atoms with Crippen molar-refractivity contribution in [3.63, 3.8) is 0 Å². The maximum atomic E-state index is 10.1. The fourth-order valence-corrected chi connectivity index (χ4v) is 2.43. The van der Waals surface area contributed by atoms with E-state index in [4.69, 9.17) is 7.85 Å². The highest BCUT2D eigenvalue weighted by atomic mass is 32.2. The summed E-state index contributed by atoms with van der Waals surface area (Å²) < 4.78 is 0. The van der Waals surface area contributed by atoms with Crippen LogP contribution in [0.2, 0.25) is 0 Å². The van der Waals surface area contributed by atoms with Crippen molar-refractivity contribution in [3.8, 4) is 0 Å². The van der Waals surface area contributed by atoms with Gasteiger partial charge in [-0.2, -0.15) is 0 Å². The van der Waals surface area contributed by atoms with E-state index < -0.39 is 6.23 Å². The Morgan fingerprint density at radius 2 is 2.22 bits per heavy atom. The molecule has 4 nitrogen and oxygen atoms in total. The summed E-state index contributed by atoms with van der Waals surface area (Å²) in [6.07, 6.45) is 3.84. The molecular weight excluding hydrogens is 245 g/mol. The Hall–Kier alpha value is -1.01. The molecule has 94 valence electrons. The van der Waals surface area contributed by atoms with Gasteiger partial charge in [-0.25, -0.2) is 9.97 Å². The van der Waals surface area contributed by atoms with Crippen molar-refractivity contribution >= 4 is 31.5 Å². The molecule has 0 saturated carbocycles. The zero-order valence-corrected chi connectivity index (χ0v) is 11.7. The van der Waals surface area contributed by atoms with Gasteiger partial charge in [0.15, 0.2) is 5.16 Å². The maximum Gasteiger partial charge on any atom is 0.189 e. The number of aliphatic hydroxyl groups is 1. The molecule has 0 spiro atoms. The van der Waals surface area contributed by atoms with Gasteiger partial charge in [-0.05, 0) is 19.6 Å². The van der Waals surface area contributed by atoms with Gasteiger partial charge < -0.3 is 10.0 Å². The Labute approximate surface area is 113 Å². The first-order valence-electron chi connectivity index (χ1n) is 5.92. The summed E-state index contributed by atoms with van der Waals surface area (Å²) in [5.74, 6) is 0.774. The van der Waals surface area contributed by atoms with E-state index in [0.717, 1.165) is 23.5 Å². The molecule has 1 aromatic rings. The fraction of sp³-hybridized carbons (Fsp3) is 0.500. The maximum absolute atomic E-state index is 10.1. The molecule has 1 aliphatic heterocycles. The van der Waals surface area contributed by atoms with E-state index >= 15 is 0 Å². The third kappa shape index (κ3) is 2.27. The third-order valence-corrected chi connectivity index (χ3v) is 3.47. The first kappa shape index (κ1) is 13.4. The standard InChI is InChI=1S/C12H16BN3OS/c1-4-5-16-10-8(6-9(13)11(16)17)7(2)14-12(15-10)18-3/h6,11,17H,4-5H2,1-3H3. The van der Waals surface area contributed by atoms with Crippen LogP contribution in [-0.2, 0) is 0 Å². The van der Waals surface area contributed by atoms with E-state index in [0.29, 0.717) is 17.2 Å². The van der Waals surface area contributed by atoms with E-state index in [-0.39, 0.29) is 0 Å². The summed E-state index contributed by atoms with van der Waals surface area (Å²) in [7, 11) is 5.86. The second-order valence-electron chi connectivity index (χ2n) is 4.24. The Kier molecular flexibility index (Phi) is 3.97. The van der Waals surface area contributed by atoms with Gasteiger partial charge in [-0.1, -0.05) is 30.2 Å². The minimum Gasteiger partial charge on any atom is -0.370 e. The molecule has 1 N–H and O–H groups in total. The lowest BCUT2D eigenvalue weighted by Crippen LogP contribution is -2.40. The zero-order valence-electron chi connectivity index (χ0n) is 10.8. The number of hydrogen-bond donors (Lipinski definition) is 1. The topological polar surface area (TPSA) is 49.2 Å². The number of thioether (sulfide) groups is 1. The zero-order chi connectivity index (χ0) is 13.3. The predicted molar refractivity (Wildman–Crippen MR) is 75.9 cm³/mol. The lowest BCUT2D eigenvalue weighted by Gasteiger charge is -2.34. The molecule has 0 saturated heterocycles. The molecule has 1 atom stereocenters. The summed E-state index contributed by atoms with van der Waals surface area (Å²) >= 11 is 1.50. The number of aromatic nitrogens is 2. The molecule has 0 bridgehead atoms. The average Bonchev–Trinajstić information content (AvgIpc) is 2.36. The number of nitrogens with zero attached hydrogens (tertiary/aromatic N) is 3. The number of aliphatic hydroxyl groups excluding tert-OH is 1. The highest BCUT2D eigenvalue weighted by molar-refractivity contribution is 7.98. The van der Waals surface area contributed by atoms with Gasteiger partial charge in [0, 0.05) is 12.1 Å². The van der Waals surface area contributed by atoms with Crippen molar-refractivity contribution < 1.29 is 5.11 Å². The number of anilines is 1. The first-order chi connectivity index (χ1) is 8.58. The van der Waals surface area contributed by atoms with Gasteiger partial charge in [0.25, 0.3) is 0 Å². The Morgan fingerprint density at radius 1 is 1.50 bits per heavy atom. The Bertz CT molecular complexity index is 492. The summed E-state index contributed by atoms with van der Waals surface area (Å²) in [6.45, 7) is 4.71. The molecule has 1 aliphatic rings. The number of fused-ring (bicyclic) bond motifs is 1. The number of aryl methyl sites for hydroxylation is 1. The van der Waals surface area contributed by atoms with Crippen LogP contribution in [0.5, 0.6) is 0 Å². The summed E-state index contributed by atoms with van der Waals surface area (Å²) in [6, 6.07) is 0. The second kappa shape index (κ2) is 5.32. The minimum absolute atomic E-state index is 0.444. The van der Waals surface area contributed by atoms with Crippen LogP contribution in [0.4, 0.5) is 5.82 Å². The monoisotopic (exact) mass is 261 g/mol. The van der Waals surface area contributed by atoms with Crippen LogP contribution >= 0.6 is 11.8 Å². The molecule has 2 heterocycles. The smallest absolute Gasteiger partial charge is 0.189 e. The van der Waals surface area contributed by atoms with Gasteiger partial charge in [-0.3, -0.25) is 0 Å². The molecule has 0 fully saturated rings. The lowest BCUT2D eigenvalue weighted by molar-refractivity contribution is 0.209. The van der Waals surface area contributed by atoms with Gasteiger partial charge in [-0.15, -0.1) is 0 Å². The molecular formula is C12H16BN3OS. The van der Waals surface area contributed by atoms with E-state index in [1.807, 2.05) is 18.1 Å². The number of hydrogen-bond acceptors (Lipinski definition) is 5. The van der Waals surface area contributed by atoms with Crippen molar-refractivity contribution in [1.29, 1.82) is 0 Å². The molecule has 18 heavy (non-hydrogen) atoms. The van der Waals surface area contributed by atoms with Crippen molar-refractivity contribution in [1.82, 2.24) is 9.97 Å². The third-order valence-electron chi connectivity index (χ3n) is 2.92. The van der Waals surface area contributed by atoms with Crippen LogP contribution in [0.3, 0.4) is 0 Å². The van der Waals surface area contributed by atoms with Crippen molar-refractivity contribution in [2.45, 2.75) is 31.7 Å². The SMILES string of the molecule is [B]C1=Cc2c(C)nc(SC)nc2N(CCC)C1O. The highest BCUT2D eigenvalue weighted by Gasteiger charge is 2.26. The predicted octanol–water partition coefficient (Wildman–Crippen LogP) is 1.56. The Morgan fingerprint density at radius 3 is 2.83 bits per heavy atom. The molecule has 2 radical (unpaired) electrons. The normalized spacial score (nSPS) is 18.6. The Balaban J connectivity index is 2.57.